The lowest BCUT2D eigenvalue weighted by molar-refractivity contribution is -0.0721. The number of ether oxygens (including phenoxy) is 2. The van der Waals surface area contributed by atoms with Crippen LogP contribution in [0.1, 0.15) is 44.6 Å². The van der Waals surface area contributed by atoms with Crippen molar-refractivity contribution in [3.63, 3.8) is 0 Å². The maximum Gasteiger partial charge on any atom is 0.194 e. The second kappa shape index (κ2) is 10.6. The number of benzene rings is 1. The summed E-state index contributed by atoms with van der Waals surface area (Å²) in [4.78, 5) is 6.97. The van der Waals surface area contributed by atoms with E-state index < -0.39 is 0 Å². The first-order valence-electron chi connectivity index (χ1n) is 10.3. The Hall–Kier alpha value is -1.66. The molecule has 2 aliphatic heterocycles. The van der Waals surface area contributed by atoms with Crippen molar-refractivity contribution in [3.8, 4) is 0 Å². The number of halogens is 1. The number of piperidine rings is 1. The van der Waals surface area contributed by atoms with E-state index in [1.54, 1.807) is 12.1 Å². The third kappa shape index (κ3) is 6.47. The van der Waals surface area contributed by atoms with Crippen LogP contribution in [0.5, 0.6) is 0 Å². The maximum absolute atomic E-state index is 13.3. The van der Waals surface area contributed by atoms with Gasteiger partial charge in [0, 0.05) is 26.2 Å². The zero-order valence-electron chi connectivity index (χ0n) is 16.3. The van der Waals surface area contributed by atoms with Crippen LogP contribution in [0, 0.1) is 5.82 Å². The van der Waals surface area contributed by atoms with E-state index in [-0.39, 0.29) is 11.9 Å². The Labute approximate surface area is 161 Å². The van der Waals surface area contributed by atoms with Crippen molar-refractivity contribution in [2.24, 2.45) is 4.99 Å². The predicted octanol–water partition coefficient (Wildman–Crippen LogP) is 3.34. The number of likely N-dealkylation sites (tertiary alicyclic amines) is 1. The van der Waals surface area contributed by atoms with E-state index in [1.807, 2.05) is 6.07 Å². The van der Waals surface area contributed by atoms with Crippen LogP contribution in [0.25, 0.3) is 0 Å². The van der Waals surface area contributed by atoms with E-state index in [0.29, 0.717) is 12.6 Å². The molecule has 6 heteroatoms. The monoisotopic (exact) mass is 377 g/mol. The Bertz CT molecular complexity index is 597. The molecule has 0 bridgehead atoms. The highest BCUT2D eigenvalue weighted by Gasteiger charge is 2.23. The minimum atomic E-state index is -0.215. The van der Waals surface area contributed by atoms with E-state index in [9.17, 15) is 4.39 Å². The van der Waals surface area contributed by atoms with E-state index in [4.69, 9.17) is 14.5 Å². The van der Waals surface area contributed by atoms with Crippen LogP contribution in [0.2, 0.25) is 0 Å². The van der Waals surface area contributed by atoms with Crippen LogP contribution in [-0.4, -0.2) is 55.9 Å². The molecule has 1 aromatic carbocycles. The van der Waals surface area contributed by atoms with Gasteiger partial charge < -0.3 is 19.7 Å². The molecule has 0 saturated carbocycles. The van der Waals surface area contributed by atoms with Gasteiger partial charge in [0.05, 0.1) is 25.4 Å². The Morgan fingerprint density at radius 1 is 1.30 bits per heavy atom. The Kier molecular flexibility index (Phi) is 7.90. The molecule has 150 valence electrons. The number of aliphatic imine (C=N–C) groups is 1. The fourth-order valence-corrected chi connectivity index (χ4v) is 3.64. The standard InChI is InChI=1S/C21H32FN3O2/c1-2-23-21(24-15-17-6-5-7-18(22)14-17)25-11-9-19(10-12-25)27-16-20-8-3-4-13-26-20/h5-7,14,19-20H,2-4,8-13,15-16H2,1H3,(H,23,24). The second-order valence-electron chi connectivity index (χ2n) is 7.31. The smallest absolute Gasteiger partial charge is 0.194 e. The van der Waals surface area contributed by atoms with Gasteiger partial charge in [-0.25, -0.2) is 9.38 Å². The summed E-state index contributed by atoms with van der Waals surface area (Å²) in [6.45, 7) is 6.81. The normalized spacial score (nSPS) is 22.1. The van der Waals surface area contributed by atoms with Crippen molar-refractivity contribution in [1.82, 2.24) is 10.2 Å². The minimum absolute atomic E-state index is 0.215. The molecule has 1 N–H and O–H groups in total. The van der Waals surface area contributed by atoms with Crippen LogP contribution in [0.15, 0.2) is 29.3 Å². The second-order valence-corrected chi connectivity index (χ2v) is 7.31. The molecule has 1 atom stereocenters. The molecule has 0 amide bonds. The van der Waals surface area contributed by atoms with Crippen LogP contribution in [0.3, 0.4) is 0 Å². The zero-order valence-corrected chi connectivity index (χ0v) is 16.3. The largest absolute Gasteiger partial charge is 0.376 e. The Balaban J connectivity index is 1.46. The summed E-state index contributed by atoms with van der Waals surface area (Å²) in [5, 5.41) is 3.36. The highest BCUT2D eigenvalue weighted by atomic mass is 19.1. The fourth-order valence-electron chi connectivity index (χ4n) is 3.64. The van der Waals surface area contributed by atoms with Gasteiger partial charge >= 0.3 is 0 Å². The first-order valence-corrected chi connectivity index (χ1v) is 10.3. The van der Waals surface area contributed by atoms with E-state index >= 15 is 0 Å². The molecule has 2 heterocycles. The molecular formula is C21H32FN3O2. The summed E-state index contributed by atoms with van der Waals surface area (Å²) < 4.78 is 25.2. The van der Waals surface area contributed by atoms with E-state index in [0.717, 1.165) is 63.6 Å². The molecule has 2 aliphatic rings. The number of nitrogens with one attached hydrogen (secondary N) is 1. The van der Waals surface area contributed by atoms with Gasteiger partial charge in [-0.05, 0) is 56.7 Å². The van der Waals surface area contributed by atoms with Crippen molar-refractivity contribution in [3.05, 3.63) is 35.6 Å². The highest BCUT2D eigenvalue weighted by Crippen LogP contribution is 2.18. The van der Waals surface area contributed by atoms with Crippen molar-refractivity contribution in [2.45, 2.75) is 57.8 Å². The number of guanidine groups is 1. The minimum Gasteiger partial charge on any atom is -0.376 e. The molecule has 2 saturated heterocycles. The zero-order chi connectivity index (χ0) is 18.9. The Morgan fingerprint density at radius 3 is 2.85 bits per heavy atom. The van der Waals surface area contributed by atoms with Gasteiger partial charge in [0.1, 0.15) is 5.82 Å². The summed E-state index contributed by atoms with van der Waals surface area (Å²) in [7, 11) is 0. The van der Waals surface area contributed by atoms with Crippen LogP contribution in [0.4, 0.5) is 4.39 Å². The van der Waals surface area contributed by atoms with Gasteiger partial charge in [-0.3, -0.25) is 0 Å². The SMILES string of the molecule is CCNC(=NCc1cccc(F)c1)N1CCC(OCC2CCCCO2)CC1. The van der Waals surface area contributed by atoms with Crippen LogP contribution < -0.4 is 5.32 Å². The molecule has 3 rings (SSSR count). The summed E-state index contributed by atoms with van der Waals surface area (Å²) in [5.74, 6) is 0.684. The number of nitrogens with zero attached hydrogens (tertiary/aromatic N) is 2. The van der Waals surface area contributed by atoms with Gasteiger partial charge in [-0.15, -0.1) is 0 Å². The third-order valence-electron chi connectivity index (χ3n) is 5.17. The molecule has 0 radical (unpaired) electrons. The van der Waals surface area contributed by atoms with Crippen molar-refractivity contribution in [2.75, 3.05) is 32.8 Å². The highest BCUT2D eigenvalue weighted by molar-refractivity contribution is 5.80. The number of hydrogen-bond acceptors (Lipinski definition) is 3. The first-order chi connectivity index (χ1) is 13.2. The Morgan fingerprint density at radius 2 is 2.15 bits per heavy atom. The van der Waals surface area contributed by atoms with Crippen molar-refractivity contribution >= 4 is 5.96 Å². The molecular weight excluding hydrogens is 345 g/mol. The van der Waals surface area contributed by atoms with Crippen molar-refractivity contribution in [1.29, 1.82) is 0 Å². The molecule has 27 heavy (non-hydrogen) atoms. The quantitative estimate of drug-likeness (QED) is 0.610. The number of rotatable bonds is 6. The van der Waals surface area contributed by atoms with E-state index in [1.165, 1.54) is 18.9 Å². The molecule has 2 fully saturated rings. The molecule has 1 aromatic rings. The molecule has 1 unspecified atom stereocenters. The van der Waals surface area contributed by atoms with Gasteiger partial charge in [0.15, 0.2) is 5.96 Å². The van der Waals surface area contributed by atoms with Gasteiger partial charge in [0.2, 0.25) is 0 Å². The molecule has 0 spiro atoms. The lowest BCUT2D eigenvalue weighted by Crippen LogP contribution is -2.47. The lowest BCUT2D eigenvalue weighted by atomic mass is 10.1. The van der Waals surface area contributed by atoms with Crippen LogP contribution in [-0.2, 0) is 16.0 Å². The topological polar surface area (TPSA) is 46.1 Å². The average molecular weight is 378 g/mol. The predicted molar refractivity (Wildman–Crippen MR) is 105 cm³/mol. The van der Waals surface area contributed by atoms with Crippen LogP contribution >= 0.6 is 0 Å². The van der Waals surface area contributed by atoms with Crippen molar-refractivity contribution < 1.29 is 13.9 Å². The summed E-state index contributed by atoms with van der Waals surface area (Å²) in [6, 6.07) is 6.64. The fraction of sp³-hybridized carbons (Fsp3) is 0.667. The van der Waals surface area contributed by atoms with Gasteiger partial charge in [-0.1, -0.05) is 12.1 Å². The first kappa shape index (κ1) is 20.1. The third-order valence-corrected chi connectivity index (χ3v) is 5.17. The summed E-state index contributed by atoms with van der Waals surface area (Å²) in [6.07, 6.45) is 6.13. The van der Waals surface area contributed by atoms with Gasteiger partial charge in [0.25, 0.3) is 0 Å². The van der Waals surface area contributed by atoms with Gasteiger partial charge in [-0.2, -0.15) is 0 Å². The van der Waals surface area contributed by atoms with E-state index in [2.05, 4.69) is 17.1 Å². The lowest BCUT2D eigenvalue weighted by Gasteiger charge is -2.35. The summed E-state index contributed by atoms with van der Waals surface area (Å²) >= 11 is 0. The molecule has 0 aliphatic carbocycles. The maximum atomic E-state index is 13.3. The number of hydrogen-bond donors (Lipinski definition) is 1. The molecule has 5 nitrogen and oxygen atoms in total. The molecule has 0 aromatic heterocycles. The average Bonchev–Trinajstić information content (AvgIpc) is 2.71. The summed E-state index contributed by atoms with van der Waals surface area (Å²) in [5.41, 5.74) is 0.885.